The maximum absolute atomic E-state index is 5.81. The van der Waals surface area contributed by atoms with Crippen LogP contribution in [0, 0.1) is 0 Å². The third-order valence-electron chi connectivity index (χ3n) is 1.30. The van der Waals surface area contributed by atoms with E-state index in [0.717, 1.165) is 0 Å². The van der Waals surface area contributed by atoms with Crippen LogP contribution >= 0.6 is 39.1 Å². The Bertz CT molecular complexity index is 275. The van der Waals surface area contributed by atoms with E-state index in [-0.39, 0.29) is 0 Å². The number of hydrogen-bond donors (Lipinski definition) is 2. The zero-order valence-corrected chi connectivity index (χ0v) is 8.59. The maximum atomic E-state index is 5.81. The van der Waals surface area contributed by atoms with Crippen LogP contribution in [0.2, 0.25) is 10.0 Å². The summed E-state index contributed by atoms with van der Waals surface area (Å²) >= 11 is 14.8. The molecule has 1 aromatic carbocycles. The summed E-state index contributed by atoms with van der Waals surface area (Å²) in [6.45, 7) is 0. The van der Waals surface area contributed by atoms with Crippen molar-refractivity contribution in [2.45, 2.75) is 0 Å². The summed E-state index contributed by atoms with van der Waals surface area (Å²) in [7, 11) is 0. The van der Waals surface area contributed by atoms with E-state index in [0.29, 0.717) is 25.9 Å². The van der Waals surface area contributed by atoms with Crippen LogP contribution in [-0.2, 0) is 0 Å². The minimum absolute atomic E-state index is 0.468. The zero-order chi connectivity index (χ0) is 8.59. The van der Waals surface area contributed by atoms with Gasteiger partial charge in [-0.15, -0.1) is 0 Å². The number of hydrogen-bond acceptors (Lipinski definition) is 1. The minimum Gasteiger partial charge on any atom is -0.394 e. The van der Waals surface area contributed by atoms with E-state index in [4.69, 9.17) is 28.9 Å². The fraction of sp³-hybridized carbons (Fsp3) is 0. The Kier molecular flexibility index (Phi) is 2.65. The van der Waals surface area contributed by atoms with Crippen molar-refractivity contribution in [2.24, 2.45) is 0 Å². The van der Waals surface area contributed by atoms with Crippen molar-refractivity contribution in [3.05, 3.63) is 20.6 Å². The van der Waals surface area contributed by atoms with E-state index in [1.54, 1.807) is 6.07 Å². The molecule has 0 aliphatic rings. The van der Waals surface area contributed by atoms with Crippen LogP contribution in [0.1, 0.15) is 0 Å². The van der Waals surface area contributed by atoms with E-state index >= 15 is 0 Å². The van der Waals surface area contributed by atoms with Gasteiger partial charge in [-0.3, -0.25) is 0 Å². The van der Waals surface area contributed by atoms with Crippen LogP contribution in [-0.4, -0.2) is 0 Å². The third-order valence-corrected chi connectivity index (χ3v) is 3.29. The minimum atomic E-state index is 0.468. The number of benzene rings is 1. The van der Waals surface area contributed by atoms with E-state index in [9.17, 15) is 0 Å². The molecule has 1 aromatic rings. The highest BCUT2D eigenvalue weighted by Gasteiger charge is 2.11. The summed E-state index contributed by atoms with van der Waals surface area (Å²) in [5, 5.41) is 0.968. The van der Waals surface area contributed by atoms with Crippen LogP contribution in [0.5, 0.6) is 0 Å². The van der Waals surface area contributed by atoms with Gasteiger partial charge in [0.1, 0.15) is 5.02 Å². The van der Waals surface area contributed by atoms with Gasteiger partial charge in [0.2, 0.25) is 0 Å². The fourth-order valence-corrected chi connectivity index (χ4v) is 1.48. The Morgan fingerprint density at radius 3 is 2.55 bits per heavy atom. The Balaban J connectivity index is 3.46. The molecule has 0 heterocycles. The van der Waals surface area contributed by atoms with Crippen LogP contribution in [0.25, 0.3) is 0 Å². The van der Waals surface area contributed by atoms with Crippen molar-refractivity contribution in [3.8, 4) is 0 Å². The first-order valence-corrected chi connectivity index (χ1v) is 4.34. The molecule has 0 aromatic heterocycles. The Labute approximate surface area is 82.6 Å². The fourth-order valence-electron chi connectivity index (χ4n) is 0.651. The largest absolute Gasteiger partial charge is 0.394 e. The first kappa shape index (κ1) is 9.13. The molecule has 2 nitrogen and oxygen atoms in total. The molecule has 0 atom stereocenters. The lowest BCUT2D eigenvalue weighted by molar-refractivity contribution is -0.253. The molecule has 0 bridgehead atoms. The molecule has 5 N–H and O–H groups in total. The van der Waals surface area contributed by atoms with Gasteiger partial charge in [-0.25, -0.2) is 0 Å². The molecular weight excluding hydrogens is 251 g/mol. The Hall–Kier alpha value is 0.0400. The van der Waals surface area contributed by atoms with Crippen molar-refractivity contribution in [1.29, 1.82) is 0 Å². The number of nitrogen functional groups attached to an aromatic ring is 1. The third kappa shape index (κ3) is 1.62. The van der Waals surface area contributed by atoms with E-state index in [1.807, 2.05) is 0 Å². The first-order valence-electron chi connectivity index (χ1n) is 2.79. The lowest BCUT2D eigenvalue weighted by Gasteiger charge is -2.02. The average Bonchev–Trinajstić information content (AvgIpc) is 1.97. The van der Waals surface area contributed by atoms with E-state index in [1.165, 1.54) is 0 Å². The van der Waals surface area contributed by atoms with Crippen LogP contribution in [0.4, 0.5) is 11.4 Å². The molecule has 0 spiro atoms. The van der Waals surface area contributed by atoms with E-state index in [2.05, 4.69) is 21.7 Å². The van der Waals surface area contributed by atoms with E-state index < -0.39 is 0 Å². The summed E-state index contributed by atoms with van der Waals surface area (Å²) in [6.07, 6.45) is 0. The molecule has 0 amide bonds. The molecule has 5 heteroatoms. The van der Waals surface area contributed by atoms with Gasteiger partial charge in [-0.2, -0.15) is 0 Å². The maximum Gasteiger partial charge on any atom is 0.171 e. The molecule has 0 unspecified atom stereocenters. The highest BCUT2D eigenvalue weighted by Crippen LogP contribution is 2.37. The van der Waals surface area contributed by atoms with Gasteiger partial charge in [0, 0.05) is 0 Å². The molecule has 0 fully saturated rings. The second kappa shape index (κ2) is 3.19. The van der Waals surface area contributed by atoms with Crippen molar-refractivity contribution in [2.75, 3.05) is 5.73 Å². The molecule has 60 valence electrons. The number of anilines is 1. The normalized spacial score (nSPS) is 10.2. The van der Waals surface area contributed by atoms with Gasteiger partial charge in [0.25, 0.3) is 0 Å². The SMILES string of the molecule is Nc1cc(Cl)c(Br)c(Cl)c1[NH3+]. The Morgan fingerprint density at radius 1 is 1.45 bits per heavy atom. The molecule has 11 heavy (non-hydrogen) atoms. The molecule has 0 saturated carbocycles. The lowest BCUT2D eigenvalue weighted by atomic mass is 10.3. The molecular formula is C6H6BrCl2N2+. The van der Waals surface area contributed by atoms with Gasteiger partial charge in [0.05, 0.1) is 15.2 Å². The lowest BCUT2D eigenvalue weighted by Crippen LogP contribution is -2.41. The highest BCUT2D eigenvalue weighted by molar-refractivity contribution is 9.10. The van der Waals surface area contributed by atoms with Crippen LogP contribution in [0.3, 0.4) is 0 Å². The van der Waals surface area contributed by atoms with Gasteiger partial charge in [-0.05, 0) is 22.0 Å². The van der Waals surface area contributed by atoms with Crippen LogP contribution in [0.15, 0.2) is 10.5 Å². The predicted molar refractivity (Wildman–Crippen MR) is 51.1 cm³/mol. The van der Waals surface area contributed by atoms with Crippen molar-refractivity contribution < 1.29 is 5.73 Å². The van der Waals surface area contributed by atoms with Gasteiger partial charge in [0.15, 0.2) is 5.69 Å². The number of nitrogens with two attached hydrogens (primary N) is 1. The topological polar surface area (TPSA) is 53.7 Å². The summed E-state index contributed by atoms with van der Waals surface area (Å²) < 4.78 is 0.639. The number of halogens is 3. The second-order valence-electron chi connectivity index (χ2n) is 2.05. The quantitative estimate of drug-likeness (QED) is 0.543. The molecule has 0 aliphatic carbocycles. The molecule has 0 saturated heterocycles. The monoisotopic (exact) mass is 255 g/mol. The summed E-state index contributed by atoms with van der Waals surface area (Å²) in [6, 6.07) is 1.61. The predicted octanol–water partition coefficient (Wildman–Crippen LogP) is 2.21. The molecule has 1 rings (SSSR count). The van der Waals surface area contributed by atoms with Gasteiger partial charge < -0.3 is 11.5 Å². The smallest absolute Gasteiger partial charge is 0.171 e. The summed E-state index contributed by atoms with van der Waals surface area (Å²) in [5.74, 6) is 0. The van der Waals surface area contributed by atoms with Gasteiger partial charge in [-0.1, -0.05) is 23.2 Å². The number of quaternary nitrogens is 1. The zero-order valence-electron chi connectivity index (χ0n) is 5.50. The molecule has 0 radical (unpaired) electrons. The summed E-state index contributed by atoms with van der Waals surface area (Å²) in [4.78, 5) is 0. The summed E-state index contributed by atoms with van der Waals surface area (Å²) in [5.41, 5.74) is 10.3. The second-order valence-corrected chi connectivity index (χ2v) is 3.63. The van der Waals surface area contributed by atoms with Crippen LogP contribution < -0.4 is 11.5 Å². The average molecular weight is 257 g/mol. The first-order chi connectivity index (χ1) is 5.04. The van der Waals surface area contributed by atoms with Gasteiger partial charge >= 0.3 is 0 Å². The van der Waals surface area contributed by atoms with Crippen molar-refractivity contribution >= 4 is 50.5 Å². The Morgan fingerprint density at radius 2 is 2.00 bits per heavy atom. The highest BCUT2D eigenvalue weighted by atomic mass is 79.9. The van der Waals surface area contributed by atoms with Crippen molar-refractivity contribution in [1.82, 2.24) is 0 Å². The number of rotatable bonds is 0. The van der Waals surface area contributed by atoms with Crippen molar-refractivity contribution in [3.63, 3.8) is 0 Å². The standard InChI is InChI=1S/C6H5BrCl2N2/c7-4-2(8)1-3(10)6(11)5(4)9/h1H,10-11H2/p+1. The molecule has 0 aliphatic heterocycles.